The monoisotopic (exact) mass is 267 g/mol. The van der Waals surface area contributed by atoms with Crippen LogP contribution in [0.1, 0.15) is 31.2 Å². The average molecular weight is 268 g/mol. The highest BCUT2D eigenvalue weighted by Crippen LogP contribution is 2.43. The van der Waals surface area contributed by atoms with Crippen molar-refractivity contribution < 1.29 is 4.92 Å². The van der Waals surface area contributed by atoms with Gasteiger partial charge in [0.05, 0.1) is 5.02 Å². The predicted molar refractivity (Wildman–Crippen MR) is 67.1 cm³/mol. The van der Waals surface area contributed by atoms with E-state index in [1.165, 1.54) is 6.20 Å². The summed E-state index contributed by atoms with van der Waals surface area (Å²) in [5.74, 6) is 0. The number of halogens is 1. The maximum absolute atomic E-state index is 11.6. The molecule has 0 radical (unpaired) electrons. The molecule has 18 heavy (non-hydrogen) atoms. The van der Waals surface area contributed by atoms with Crippen molar-refractivity contribution in [2.75, 3.05) is 0 Å². The summed E-state index contributed by atoms with van der Waals surface area (Å²) in [6.45, 7) is 0. The summed E-state index contributed by atoms with van der Waals surface area (Å²) < 4.78 is 0. The van der Waals surface area contributed by atoms with Gasteiger partial charge in [-0.2, -0.15) is 0 Å². The van der Waals surface area contributed by atoms with Crippen molar-refractivity contribution in [1.29, 1.82) is 0 Å². The van der Waals surface area contributed by atoms with E-state index < -0.39 is 5.54 Å². The molecule has 1 N–H and O–H groups in total. The molecule has 1 aromatic heterocycles. The Labute approximate surface area is 110 Å². The standard InChI is InChI=1S/C12H14ClN3O2/c13-9-3-8(6-14-7-9)12(16(17)18)4-10-1-2-11(5-12)15-10/h3,6-7,10-11,15H,1-2,4-5H2. The number of pyridine rings is 1. The van der Waals surface area contributed by atoms with Gasteiger partial charge in [0.25, 0.3) is 5.54 Å². The van der Waals surface area contributed by atoms with E-state index in [4.69, 9.17) is 11.6 Å². The van der Waals surface area contributed by atoms with Crippen LogP contribution in [-0.2, 0) is 5.54 Å². The first-order valence-electron chi connectivity index (χ1n) is 6.12. The Kier molecular flexibility index (Phi) is 2.75. The van der Waals surface area contributed by atoms with Crippen molar-refractivity contribution in [3.05, 3.63) is 39.2 Å². The first kappa shape index (κ1) is 11.9. The molecule has 2 atom stereocenters. The lowest BCUT2D eigenvalue weighted by Gasteiger charge is -2.34. The second-order valence-corrected chi connectivity index (χ2v) is 5.66. The van der Waals surface area contributed by atoms with Gasteiger partial charge in [0.2, 0.25) is 0 Å². The summed E-state index contributed by atoms with van der Waals surface area (Å²) >= 11 is 5.92. The van der Waals surface area contributed by atoms with Crippen molar-refractivity contribution in [2.24, 2.45) is 0 Å². The molecule has 2 aliphatic rings. The molecule has 0 saturated carbocycles. The topological polar surface area (TPSA) is 68.1 Å². The van der Waals surface area contributed by atoms with Crippen molar-refractivity contribution in [1.82, 2.24) is 10.3 Å². The Hall–Kier alpha value is -1.20. The number of nitrogens with zero attached hydrogens (tertiary/aromatic N) is 2. The highest BCUT2D eigenvalue weighted by Gasteiger charge is 2.53. The molecule has 5 nitrogen and oxygen atoms in total. The Morgan fingerprint density at radius 3 is 2.61 bits per heavy atom. The molecule has 2 bridgehead atoms. The van der Waals surface area contributed by atoms with Crippen LogP contribution in [0.4, 0.5) is 0 Å². The largest absolute Gasteiger partial charge is 0.311 e. The zero-order chi connectivity index (χ0) is 12.8. The fourth-order valence-electron chi connectivity index (χ4n) is 3.28. The van der Waals surface area contributed by atoms with Crippen LogP contribution in [0.3, 0.4) is 0 Å². The molecule has 0 aliphatic carbocycles. The van der Waals surface area contributed by atoms with Crippen LogP contribution in [0.2, 0.25) is 5.02 Å². The fraction of sp³-hybridized carbons (Fsp3) is 0.583. The van der Waals surface area contributed by atoms with Crippen LogP contribution in [0.25, 0.3) is 0 Å². The maximum Gasteiger partial charge on any atom is 0.251 e. The minimum atomic E-state index is -1.02. The number of fused-ring (bicyclic) bond motifs is 2. The molecule has 1 aromatic rings. The van der Waals surface area contributed by atoms with Gasteiger partial charge in [0.15, 0.2) is 0 Å². The summed E-state index contributed by atoms with van der Waals surface area (Å²) in [4.78, 5) is 15.5. The van der Waals surface area contributed by atoms with Crippen molar-refractivity contribution >= 4 is 11.6 Å². The zero-order valence-corrected chi connectivity index (χ0v) is 10.6. The SMILES string of the molecule is O=[N+]([O-])C1(c2cncc(Cl)c2)CC2CCC(C1)N2. The number of hydrogen-bond acceptors (Lipinski definition) is 4. The van der Waals surface area contributed by atoms with E-state index in [2.05, 4.69) is 10.3 Å². The number of nitrogens with one attached hydrogen (secondary N) is 1. The predicted octanol–water partition coefficient (Wildman–Crippen LogP) is 2.12. The van der Waals surface area contributed by atoms with Gasteiger partial charge in [-0.1, -0.05) is 11.6 Å². The third kappa shape index (κ3) is 1.78. The first-order valence-corrected chi connectivity index (χ1v) is 6.49. The first-order chi connectivity index (χ1) is 8.60. The molecule has 0 spiro atoms. The van der Waals surface area contributed by atoms with Crippen molar-refractivity contribution in [3.63, 3.8) is 0 Å². The van der Waals surface area contributed by atoms with Gasteiger partial charge in [-0.25, -0.2) is 0 Å². The molecule has 2 fully saturated rings. The molecular formula is C12H14ClN3O2. The van der Waals surface area contributed by atoms with Crippen LogP contribution < -0.4 is 5.32 Å². The smallest absolute Gasteiger partial charge is 0.251 e. The normalized spacial score (nSPS) is 34.5. The highest BCUT2D eigenvalue weighted by molar-refractivity contribution is 6.30. The molecule has 2 unspecified atom stereocenters. The van der Waals surface area contributed by atoms with E-state index in [9.17, 15) is 10.1 Å². The molecule has 2 aliphatic heterocycles. The van der Waals surface area contributed by atoms with Crippen molar-refractivity contribution in [3.8, 4) is 0 Å². The van der Waals surface area contributed by atoms with E-state index in [1.54, 1.807) is 12.3 Å². The summed E-state index contributed by atoms with van der Waals surface area (Å²) in [6.07, 6.45) is 6.19. The highest BCUT2D eigenvalue weighted by atomic mass is 35.5. The number of aromatic nitrogens is 1. The second-order valence-electron chi connectivity index (χ2n) is 5.23. The third-order valence-electron chi connectivity index (χ3n) is 4.09. The molecule has 0 amide bonds. The fourth-order valence-corrected chi connectivity index (χ4v) is 3.45. The van der Waals surface area contributed by atoms with Crippen LogP contribution in [0, 0.1) is 10.1 Å². The Bertz CT molecular complexity index is 482. The Morgan fingerprint density at radius 2 is 2.06 bits per heavy atom. The van der Waals surface area contributed by atoms with Gasteiger partial charge in [0, 0.05) is 47.8 Å². The summed E-state index contributed by atoms with van der Waals surface area (Å²) in [5, 5.41) is 15.5. The average Bonchev–Trinajstić information content (AvgIpc) is 2.68. The maximum atomic E-state index is 11.6. The van der Waals surface area contributed by atoms with Gasteiger partial charge in [-0.15, -0.1) is 0 Å². The molecule has 3 rings (SSSR count). The molecular weight excluding hydrogens is 254 g/mol. The van der Waals surface area contributed by atoms with Crippen molar-refractivity contribution in [2.45, 2.75) is 43.3 Å². The van der Waals surface area contributed by atoms with Crippen LogP contribution >= 0.6 is 11.6 Å². The molecule has 6 heteroatoms. The van der Waals surface area contributed by atoms with Gasteiger partial charge in [-0.3, -0.25) is 15.1 Å². The number of nitro groups is 1. The van der Waals surface area contributed by atoms with E-state index in [0.29, 0.717) is 23.4 Å². The number of hydrogen-bond donors (Lipinski definition) is 1. The lowest BCUT2D eigenvalue weighted by molar-refractivity contribution is -0.585. The van der Waals surface area contributed by atoms with Crippen LogP contribution in [0.5, 0.6) is 0 Å². The number of rotatable bonds is 2. The molecule has 2 saturated heterocycles. The summed E-state index contributed by atoms with van der Waals surface area (Å²) in [6, 6.07) is 2.17. The third-order valence-corrected chi connectivity index (χ3v) is 4.30. The minimum absolute atomic E-state index is 0.146. The van der Waals surface area contributed by atoms with E-state index in [0.717, 1.165) is 12.8 Å². The van der Waals surface area contributed by atoms with E-state index in [1.807, 2.05) is 0 Å². The lowest BCUT2D eigenvalue weighted by Crippen LogP contribution is -2.50. The minimum Gasteiger partial charge on any atom is -0.311 e. The van der Waals surface area contributed by atoms with Gasteiger partial charge < -0.3 is 5.32 Å². The van der Waals surface area contributed by atoms with E-state index >= 15 is 0 Å². The summed E-state index contributed by atoms with van der Waals surface area (Å²) in [7, 11) is 0. The summed E-state index contributed by atoms with van der Waals surface area (Å²) in [5.41, 5.74) is -0.381. The Morgan fingerprint density at radius 1 is 1.39 bits per heavy atom. The lowest BCUT2D eigenvalue weighted by atomic mass is 9.79. The van der Waals surface area contributed by atoms with Crippen LogP contribution in [-0.4, -0.2) is 22.0 Å². The van der Waals surface area contributed by atoms with Gasteiger partial charge in [-0.05, 0) is 18.9 Å². The van der Waals surface area contributed by atoms with Crippen LogP contribution in [0.15, 0.2) is 18.5 Å². The van der Waals surface area contributed by atoms with E-state index in [-0.39, 0.29) is 17.0 Å². The quantitative estimate of drug-likeness (QED) is 0.658. The number of piperidine rings is 1. The zero-order valence-electron chi connectivity index (χ0n) is 9.80. The molecule has 0 aromatic carbocycles. The van der Waals surface area contributed by atoms with Gasteiger partial charge in [0.1, 0.15) is 0 Å². The Balaban J connectivity index is 2.04. The molecule has 3 heterocycles. The molecule has 96 valence electrons. The second kappa shape index (κ2) is 4.17. The van der Waals surface area contributed by atoms with Gasteiger partial charge >= 0.3 is 0 Å².